The standard InChI is InChI=1S/C25H18O/c1-2-8-19(9-3-1)21-11-5-4-10-20(21)16-18-14-15-23-22-12-6-7-13-24(22)26-25(23)17-18/h1-15,17H,16H2. The predicted octanol–water partition coefficient (Wildman–Crippen LogP) is 6.84. The van der Waals surface area contributed by atoms with Gasteiger partial charge in [0.2, 0.25) is 0 Å². The normalized spacial score (nSPS) is 11.2. The van der Waals surface area contributed by atoms with Crippen molar-refractivity contribution in [3.8, 4) is 11.1 Å². The molecule has 0 atom stereocenters. The van der Waals surface area contributed by atoms with Crippen LogP contribution in [0.15, 0.2) is 101 Å². The van der Waals surface area contributed by atoms with Gasteiger partial charge in [0.1, 0.15) is 11.2 Å². The quantitative estimate of drug-likeness (QED) is 0.352. The Morgan fingerprint density at radius 1 is 0.577 bits per heavy atom. The van der Waals surface area contributed by atoms with E-state index in [-0.39, 0.29) is 0 Å². The van der Waals surface area contributed by atoms with Gasteiger partial charge in [0.25, 0.3) is 0 Å². The summed E-state index contributed by atoms with van der Waals surface area (Å²) in [4.78, 5) is 0. The number of benzene rings is 4. The second-order valence-electron chi connectivity index (χ2n) is 6.63. The molecule has 5 aromatic rings. The van der Waals surface area contributed by atoms with Crippen molar-refractivity contribution in [2.24, 2.45) is 0 Å². The molecule has 0 aliphatic carbocycles. The predicted molar refractivity (Wildman–Crippen MR) is 108 cm³/mol. The Morgan fingerprint density at radius 3 is 2.23 bits per heavy atom. The molecule has 0 saturated carbocycles. The molecule has 124 valence electrons. The first-order chi connectivity index (χ1) is 12.9. The van der Waals surface area contributed by atoms with Gasteiger partial charge in [0.15, 0.2) is 0 Å². The van der Waals surface area contributed by atoms with Gasteiger partial charge in [-0.25, -0.2) is 0 Å². The molecular weight excluding hydrogens is 316 g/mol. The molecule has 1 heteroatoms. The van der Waals surface area contributed by atoms with Crippen LogP contribution in [-0.2, 0) is 6.42 Å². The summed E-state index contributed by atoms with van der Waals surface area (Å²) in [5.74, 6) is 0. The molecular formula is C25H18O. The minimum absolute atomic E-state index is 0.887. The molecule has 1 aromatic heterocycles. The van der Waals surface area contributed by atoms with Gasteiger partial charge in [-0.2, -0.15) is 0 Å². The van der Waals surface area contributed by atoms with Crippen LogP contribution in [0.3, 0.4) is 0 Å². The fourth-order valence-electron chi connectivity index (χ4n) is 3.67. The molecule has 0 fully saturated rings. The maximum Gasteiger partial charge on any atom is 0.135 e. The third kappa shape index (κ3) is 2.58. The highest BCUT2D eigenvalue weighted by Gasteiger charge is 2.09. The molecule has 0 radical (unpaired) electrons. The van der Waals surface area contributed by atoms with Crippen molar-refractivity contribution in [1.82, 2.24) is 0 Å². The molecule has 26 heavy (non-hydrogen) atoms. The Labute approximate surface area is 152 Å². The van der Waals surface area contributed by atoms with Crippen LogP contribution in [0.4, 0.5) is 0 Å². The Morgan fingerprint density at radius 2 is 1.31 bits per heavy atom. The van der Waals surface area contributed by atoms with Crippen LogP contribution < -0.4 is 0 Å². The number of fused-ring (bicyclic) bond motifs is 3. The number of hydrogen-bond donors (Lipinski definition) is 0. The third-order valence-corrected chi connectivity index (χ3v) is 4.94. The van der Waals surface area contributed by atoms with Crippen LogP contribution in [0.5, 0.6) is 0 Å². The zero-order valence-electron chi connectivity index (χ0n) is 14.4. The van der Waals surface area contributed by atoms with Crippen LogP contribution >= 0.6 is 0 Å². The van der Waals surface area contributed by atoms with E-state index in [0.29, 0.717) is 0 Å². The van der Waals surface area contributed by atoms with Crippen molar-refractivity contribution >= 4 is 21.9 Å². The van der Waals surface area contributed by atoms with Crippen molar-refractivity contribution in [2.75, 3.05) is 0 Å². The lowest BCUT2D eigenvalue weighted by Gasteiger charge is -2.10. The van der Waals surface area contributed by atoms with Crippen molar-refractivity contribution in [3.63, 3.8) is 0 Å². The van der Waals surface area contributed by atoms with E-state index >= 15 is 0 Å². The molecule has 0 unspecified atom stereocenters. The average Bonchev–Trinajstić information content (AvgIpc) is 3.07. The molecule has 0 aliphatic heterocycles. The summed E-state index contributed by atoms with van der Waals surface area (Å²) in [5.41, 5.74) is 7.05. The first kappa shape index (κ1) is 15.0. The van der Waals surface area contributed by atoms with Gasteiger partial charge in [-0.15, -0.1) is 0 Å². The second kappa shape index (κ2) is 6.20. The highest BCUT2D eigenvalue weighted by Crippen LogP contribution is 2.31. The fourth-order valence-corrected chi connectivity index (χ4v) is 3.67. The van der Waals surface area contributed by atoms with Crippen molar-refractivity contribution in [1.29, 1.82) is 0 Å². The summed E-state index contributed by atoms with van der Waals surface area (Å²) in [5, 5.41) is 2.36. The summed E-state index contributed by atoms with van der Waals surface area (Å²) in [6.45, 7) is 0. The molecule has 0 N–H and O–H groups in total. The molecule has 0 saturated heterocycles. The van der Waals surface area contributed by atoms with Crippen molar-refractivity contribution in [2.45, 2.75) is 6.42 Å². The summed E-state index contributed by atoms with van der Waals surface area (Å²) in [6, 6.07) is 34.0. The van der Waals surface area contributed by atoms with Crippen LogP contribution in [0.2, 0.25) is 0 Å². The molecule has 1 nitrogen and oxygen atoms in total. The summed E-state index contributed by atoms with van der Waals surface area (Å²) in [6.07, 6.45) is 0.887. The van der Waals surface area contributed by atoms with E-state index in [1.54, 1.807) is 0 Å². The van der Waals surface area contributed by atoms with E-state index in [2.05, 4.69) is 84.9 Å². The van der Waals surface area contributed by atoms with Crippen LogP contribution in [0, 0.1) is 0 Å². The monoisotopic (exact) mass is 334 g/mol. The Hall–Kier alpha value is -3.32. The average molecular weight is 334 g/mol. The SMILES string of the molecule is c1ccc(-c2ccccc2Cc2ccc3c(c2)oc2ccccc23)cc1. The zero-order valence-corrected chi connectivity index (χ0v) is 14.4. The second-order valence-corrected chi connectivity index (χ2v) is 6.63. The van der Waals surface area contributed by atoms with Gasteiger partial charge < -0.3 is 4.42 Å². The van der Waals surface area contributed by atoms with E-state index < -0.39 is 0 Å². The Kier molecular flexibility index (Phi) is 3.57. The lowest BCUT2D eigenvalue weighted by molar-refractivity contribution is 0.668. The fraction of sp³-hybridized carbons (Fsp3) is 0.0400. The van der Waals surface area contributed by atoms with Gasteiger partial charge in [-0.3, -0.25) is 0 Å². The summed E-state index contributed by atoms with van der Waals surface area (Å²) >= 11 is 0. The third-order valence-electron chi connectivity index (χ3n) is 4.94. The molecule has 5 rings (SSSR count). The van der Waals surface area contributed by atoms with Crippen LogP contribution in [0.1, 0.15) is 11.1 Å². The number of para-hydroxylation sites is 1. The lowest BCUT2D eigenvalue weighted by Crippen LogP contribution is -1.92. The van der Waals surface area contributed by atoms with Gasteiger partial charge >= 0.3 is 0 Å². The number of hydrogen-bond acceptors (Lipinski definition) is 1. The Bertz CT molecular complexity index is 1200. The first-order valence-electron chi connectivity index (χ1n) is 8.92. The smallest absolute Gasteiger partial charge is 0.135 e. The van der Waals surface area contributed by atoms with E-state index in [0.717, 1.165) is 17.6 Å². The largest absolute Gasteiger partial charge is 0.456 e. The lowest BCUT2D eigenvalue weighted by atomic mass is 9.95. The summed E-state index contributed by atoms with van der Waals surface area (Å²) in [7, 11) is 0. The van der Waals surface area contributed by atoms with Crippen LogP contribution in [-0.4, -0.2) is 0 Å². The van der Waals surface area contributed by atoms with E-state index in [4.69, 9.17) is 4.42 Å². The highest BCUT2D eigenvalue weighted by molar-refractivity contribution is 6.04. The maximum absolute atomic E-state index is 6.05. The molecule has 0 spiro atoms. The molecule has 0 aliphatic rings. The van der Waals surface area contributed by atoms with Gasteiger partial charge in [-0.1, -0.05) is 84.9 Å². The van der Waals surface area contributed by atoms with E-state index in [9.17, 15) is 0 Å². The maximum atomic E-state index is 6.05. The summed E-state index contributed by atoms with van der Waals surface area (Å²) < 4.78 is 6.05. The molecule has 0 amide bonds. The number of furan rings is 1. The van der Waals surface area contributed by atoms with Gasteiger partial charge in [0, 0.05) is 10.8 Å². The van der Waals surface area contributed by atoms with E-state index in [1.807, 2.05) is 12.1 Å². The van der Waals surface area contributed by atoms with Gasteiger partial charge in [0.05, 0.1) is 0 Å². The topological polar surface area (TPSA) is 13.1 Å². The van der Waals surface area contributed by atoms with Crippen LogP contribution in [0.25, 0.3) is 33.1 Å². The molecule has 1 heterocycles. The molecule has 0 bridgehead atoms. The van der Waals surface area contributed by atoms with E-state index in [1.165, 1.54) is 33.0 Å². The van der Waals surface area contributed by atoms with Gasteiger partial charge in [-0.05, 0) is 40.8 Å². The minimum atomic E-state index is 0.887. The first-order valence-corrected chi connectivity index (χ1v) is 8.92. The van der Waals surface area contributed by atoms with Crippen molar-refractivity contribution < 1.29 is 4.42 Å². The van der Waals surface area contributed by atoms with Crippen molar-refractivity contribution in [3.05, 3.63) is 108 Å². The number of rotatable bonds is 3. The molecule has 4 aromatic carbocycles. The zero-order chi connectivity index (χ0) is 17.3. The Balaban J connectivity index is 1.57. The minimum Gasteiger partial charge on any atom is -0.456 e. The highest BCUT2D eigenvalue weighted by atomic mass is 16.3.